The predicted octanol–water partition coefficient (Wildman–Crippen LogP) is 3.50. The summed E-state index contributed by atoms with van der Waals surface area (Å²) in [5.41, 5.74) is 1.88. The quantitative estimate of drug-likeness (QED) is 0.680. The second kappa shape index (κ2) is 8.67. The lowest BCUT2D eigenvalue weighted by Crippen LogP contribution is -2.13. The Hall–Kier alpha value is -2.89. The Morgan fingerprint density at radius 3 is 2.33 bits per heavy atom. The number of hydrogen-bond donors (Lipinski definition) is 3. The maximum absolute atomic E-state index is 12.3. The van der Waals surface area contributed by atoms with Crippen molar-refractivity contribution in [1.82, 2.24) is 4.98 Å². The number of rotatable bonds is 7. The summed E-state index contributed by atoms with van der Waals surface area (Å²) in [7, 11) is 0. The smallest absolute Gasteiger partial charge is 0.255 e. The fraction of sp³-hybridized carbons (Fsp3) is 0.278. The standard InChI is InChI=1S/C18H22N4O2/c1-3-4-10-19-17-12-14(9-11-20-17)18(24)22-16-7-5-15(6-8-16)21-13(2)23/h5-9,11-12H,3-4,10H2,1-2H3,(H,19,20)(H,21,23)(H,22,24). The largest absolute Gasteiger partial charge is 0.370 e. The number of amides is 2. The highest BCUT2D eigenvalue weighted by Gasteiger charge is 2.07. The maximum Gasteiger partial charge on any atom is 0.255 e. The molecule has 0 fully saturated rings. The van der Waals surface area contributed by atoms with Gasteiger partial charge in [0.25, 0.3) is 5.91 Å². The van der Waals surface area contributed by atoms with Crippen LogP contribution in [0.15, 0.2) is 42.6 Å². The second-order valence-corrected chi connectivity index (χ2v) is 5.42. The molecule has 3 N–H and O–H groups in total. The fourth-order valence-electron chi connectivity index (χ4n) is 2.11. The first kappa shape index (κ1) is 17.5. The van der Waals surface area contributed by atoms with Crippen molar-refractivity contribution in [2.24, 2.45) is 0 Å². The van der Waals surface area contributed by atoms with Gasteiger partial charge in [0.15, 0.2) is 0 Å². The Kier molecular flexibility index (Phi) is 6.31. The number of anilines is 3. The number of carbonyl (C=O) groups is 2. The average Bonchev–Trinajstić information content (AvgIpc) is 2.57. The van der Waals surface area contributed by atoms with Gasteiger partial charge in [0, 0.05) is 36.6 Å². The third-order valence-electron chi connectivity index (χ3n) is 3.32. The molecule has 0 aliphatic heterocycles. The van der Waals surface area contributed by atoms with Crippen LogP contribution in [-0.4, -0.2) is 23.3 Å². The van der Waals surface area contributed by atoms with E-state index in [1.54, 1.807) is 42.6 Å². The first-order valence-electron chi connectivity index (χ1n) is 7.97. The summed E-state index contributed by atoms with van der Waals surface area (Å²) in [4.78, 5) is 27.5. The molecule has 0 radical (unpaired) electrons. The lowest BCUT2D eigenvalue weighted by atomic mass is 10.2. The van der Waals surface area contributed by atoms with E-state index in [0.29, 0.717) is 22.8 Å². The highest BCUT2D eigenvalue weighted by molar-refractivity contribution is 6.04. The van der Waals surface area contributed by atoms with Crippen LogP contribution in [0.2, 0.25) is 0 Å². The molecule has 0 spiro atoms. The van der Waals surface area contributed by atoms with Gasteiger partial charge in [-0.15, -0.1) is 0 Å². The molecule has 1 aromatic carbocycles. The Morgan fingerprint density at radius 1 is 1.04 bits per heavy atom. The molecular formula is C18H22N4O2. The molecule has 0 aliphatic rings. The van der Waals surface area contributed by atoms with Gasteiger partial charge in [-0.2, -0.15) is 0 Å². The van der Waals surface area contributed by atoms with Gasteiger partial charge < -0.3 is 16.0 Å². The molecule has 0 saturated carbocycles. The monoisotopic (exact) mass is 326 g/mol. The Morgan fingerprint density at radius 2 is 1.71 bits per heavy atom. The van der Waals surface area contributed by atoms with Crippen LogP contribution >= 0.6 is 0 Å². The minimum Gasteiger partial charge on any atom is -0.370 e. The minimum absolute atomic E-state index is 0.133. The number of carbonyl (C=O) groups excluding carboxylic acids is 2. The first-order valence-corrected chi connectivity index (χ1v) is 7.97. The van der Waals surface area contributed by atoms with Crippen LogP contribution < -0.4 is 16.0 Å². The van der Waals surface area contributed by atoms with E-state index < -0.39 is 0 Å². The molecule has 0 saturated heterocycles. The summed E-state index contributed by atoms with van der Waals surface area (Å²) < 4.78 is 0. The minimum atomic E-state index is -0.205. The van der Waals surface area contributed by atoms with E-state index in [1.807, 2.05) is 0 Å². The summed E-state index contributed by atoms with van der Waals surface area (Å²) >= 11 is 0. The number of nitrogens with one attached hydrogen (secondary N) is 3. The normalized spacial score (nSPS) is 10.1. The number of aromatic nitrogens is 1. The lowest BCUT2D eigenvalue weighted by Gasteiger charge is -2.09. The molecule has 0 atom stereocenters. The van der Waals surface area contributed by atoms with E-state index in [0.717, 1.165) is 19.4 Å². The van der Waals surface area contributed by atoms with Crippen LogP contribution in [0.3, 0.4) is 0 Å². The molecular weight excluding hydrogens is 304 g/mol. The van der Waals surface area contributed by atoms with Gasteiger partial charge in [0.1, 0.15) is 5.82 Å². The van der Waals surface area contributed by atoms with E-state index in [-0.39, 0.29) is 11.8 Å². The van der Waals surface area contributed by atoms with Crippen molar-refractivity contribution in [3.8, 4) is 0 Å². The van der Waals surface area contributed by atoms with Crippen molar-refractivity contribution >= 4 is 29.0 Å². The lowest BCUT2D eigenvalue weighted by molar-refractivity contribution is -0.114. The zero-order valence-corrected chi connectivity index (χ0v) is 13.9. The van der Waals surface area contributed by atoms with Gasteiger partial charge in [-0.05, 0) is 42.8 Å². The van der Waals surface area contributed by atoms with Gasteiger partial charge in [0.2, 0.25) is 5.91 Å². The predicted molar refractivity (Wildman–Crippen MR) is 96.3 cm³/mol. The molecule has 2 rings (SSSR count). The number of nitrogens with zero attached hydrogens (tertiary/aromatic N) is 1. The summed E-state index contributed by atoms with van der Waals surface area (Å²) in [5.74, 6) is 0.354. The molecule has 126 valence electrons. The molecule has 0 bridgehead atoms. The fourth-order valence-corrected chi connectivity index (χ4v) is 2.11. The van der Waals surface area contributed by atoms with Crippen molar-refractivity contribution in [2.45, 2.75) is 26.7 Å². The molecule has 1 heterocycles. The van der Waals surface area contributed by atoms with Gasteiger partial charge in [-0.3, -0.25) is 9.59 Å². The highest BCUT2D eigenvalue weighted by atomic mass is 16.2. The molecule has 2 amide bonds. The summed E-state index contributed by atoms with van der Waals surface area (Å²) in [6, 6.07) is 10.4. The van der Waals surface area contributed by atoms with E-state index in [9.17, 15) is 9.59 Å². The van der Waals surface area contributed by atoms with Crippen LogP contribution in [0.25, 0.3) is 0 Å². The molecule has 6 heteroatoms. The number of hydrogen-bond acceptors (Lipinski definition) is 4. The average molecular weight is 326 g/mol. The van der Waals surface area contributed by atoms with Crippen molar-refractivity contribution in [3.05, 3.63) is 48.2 Å². The van der Waals surface area contributed by atoms with Crippen LogP contribution in [0.1, 0.15) is 37.0 Å². The number of pyridine rings is 1. The molecule has 0 unspecified atom stereocenters. The zero-order valence-electron chi connectivity index (χ0n) is 13.9. The Balaban J connectivity index is 1.98. The Labute approximate surface area is 141 Å². The van der Waals surface area contributed by atoms with Crippen LogP contribution in [0.5, 0.6) is 0 Å². The summed E-state index contributed by atoms with van der Waals surface area (Å²) in [5, 5.41) is 8.71. The van der Waals surface area contributed by atoms with Gasteiger partial charge in [-0.1, -0.05) is 13.3 Å². The third kappa shape index (κ3) is 5.39. The van der Waals surface area contributed by atoms with E-state index in [1.165, 1.54) is 6.92 Å². The van der Waals surface area contributed by atoms with Gasteiger partial charge >= 0.3 is 0 Å². The van der Waals surface area contributed by atoms with Gasteiger partial charge in [-0.25, -0.2) is 4.98 Å². The summed E-state index contributed by atoms with van der Waals surface area (Å²) in [6.45, 7) is 4.40. The Bertz CT molecular complexity index is 698. The van der Waals surface area contributed by atoms with E-state index in [2.05, 4.69) is 27.9 Å². The topological polar surface area (TPSA) is 83.1 Å². The van der Waals surface area contributed by atoms with E-state index in [4.69, 9.17) is 0 Å². The SMILES string of the molecule is CCCCNc1cc(C(=O)Nc2ccc(NC(C)=O)cc2)ccn1. The van der Waals surface area contributed by atoms with Crippen molar-refractivity contribution in [1.29, 1.82) is 0 Å². The third-order valence-corrected chi connectivity index (χ3v) is 3.32. The van der Waals surface area contributed by atoms with Crippen molar-refractivity contribution < 1.29 is 9.59 Å². The molecule has 1 aromatic heterocycles. The summed E-state index contributed by atoms with van der Waals surface area (Å²) in [6.07, 6.45) is 3.77. The van der Waals surface area contributed by atoms with Crippen molar-refractivity contribution in [2.75, 3.05) is 22.5 Å². The van der Waals surface area contributed by atoms with Crippen LogP contribution in [0, 0.1) is 0 Å². The molecule has 6 nitrogen and oxygen atoms in total. The number of unbranched alkanes of at least 4 members (excludes halogenated alkanes) is 1. The van der Waals surface area contributed by atoms with Gasteiger partial charge in [0.05, 0.1) is 0 Å². The maximum atomic E-state index is 12.3. The first-order chi connectivity index (χ1) is 11.6. The molecule has 24 heavy (non-hydrogen) atoms. The highest BCUT2D eigenvalue weighted by Crippen LogP contribution is 2.15. The van der Waals surface area contributed by atoms with Crippen LogP contribution in [0.4, 0.5) is 17.2 Å². The second-order valence-electron chi connectivity index (χ2n) is 5.42. The molecule has 2 aromatic rings. The van der Waals surface area contributed by atoms with Crippen LogP contribution in [-0.2, 0) is 4.79 Å². The van der Waals surface area contributed by atoms with E-state index >= 15 is 0 Å². The zero-order chi connectivity index (χ0) is 17.4. The number of benzene rings is 1. The van der Waals surface area contributed by atoms with Crippen molar-refractivity contribution in [3.63, 3.8) is 0 Å². The molecule has 0 aliphatic carbocycles.